The Morgan fingerprint density at radius 2 is 2.12 bits per heavy atom. The number of hydrogen-bond donors (Lipinski definition) is 1. The molecule has 0 bridgehead atoms. The molecule has 16 heavy (non-hydrogen) atoms. The summed E-state index contributed by atoms with van der Waals surface area (Å²) in [7, 11) is 1.85. The molecule has 0 amide bonds. The van der Waals surface area contributed by atoms with Gasteiger partial charge in [0.1, 0.15) is 11.6 Å². The van der Waals surface area contributed by atoms with Crippen LogP contribution >= 0.6 is 0 Å². The molecule has 0 aliphatic heterocycles. The van der Waals surface area contributed by atoms with E-state index in [2.05, 4.69) is 29.1 Å². The van der Waals surface area contributed by atoms with Gasteiger partial charge >= 0.3 is 0 Å². The number of anilines is 1. The number of rotatable bonds is 6. The molecule has 0 fully saturated rings. The van der Waals surface area contributed by atoms with E-state index in [-0.39, 0.29) is 6.10 Å². The zero-order chi connectivity index (χ0) is 12.0. The summed E-state index contributed by atoms with van der Waals surface area (Å²) in [6.07, 6.45) is 3.18. The Bertz CT molecular complexity index is 306. The van der Waals surface area contributed by atoms with Gasteiger partial charge in [-0.05, 0) is 13.3 Å². The molecule has 0 saturated heterocycles. The quantitative estimate of drug-likeness (QED) is 0.805. The second kappa shape index (κ2) is 6.30. The largest absolute Gasteiger partial charge is 0.475 e. The van der Waals surface area contributed by atoms with Crippen LogP contribution in [0.25, 0.3) is 0 Å². The molecule has 0 spiro atoms. The van der Waals surface area contributed by atoms with Crippen LogP contribution in [-0.2, 0) is 6.42 Å². The molecule has 0 aliphatic carbocycles. The van der Waals surface area contributed by atoms with Gasteiger partial charge in [-0.1, -0.05) is 20.3 Å². The van der Waals surface area contributed by atoms with Crippen molar-refractivity contribution < 1.29 is 4.74 Å². The van der Waals surface area contributed by atoms with E-state index in [1.165, 1.54) is 0 Å². The van der Waals surface area contributed by atoms with Crippen LogP contribution in [0.3, 0.4) is 0 Å². The molecule has 0 aromatic carbocycles. The summed E-state index contributed by atoms with van der Waals surface area (Å²) >= 11 is 0. The predicted molar refractivity (Wildman–Crippen MR) is 66.0 cm³/mol. The minimum Gasteiger partial charge on any atom is -0.475 e. The third-order valence-corrected chi connectivity index (χ3v) is 2.34. The lowest BCUT2D eigenvalue weighted by Gasteiger charge is -2.14. The van der Waals surface area contributed by atoms with E-state index in [1.54, 1.807) is 0 Å². The van der Waals surface area contributed by atoms with E-state index >= 15 is 0 Å². The Morgan fingerprint density at radius 1 is 1.38 bits per heavy atom. The topological polar surface area (TPSA) is 47.0 Å². The zero-order valence-electron chi connectivity index (χ0n) is 10.6. The van der Waals surface area contributed by atoms with Crippen LogP contribution in [-0.4, -0.2) is 23.1 Å². The van der Waals surface area contributed by atoms with Crippen molar-refractivity contribution in [2.45, 2.75) is 46.1 Å². The average molecular weight is 223 g/mol. The molecule has 0 aliphatic rings. The molecule has 1 N–H and O–H groups in total. The van der Waals surface area contributed by atoms with Crippen molar-refractivity contribution >= 4 is 5.82 Å². The molecule has 4 nitrogen and oxygen atoms in total. The maximum atomic E-state index is 5.75. The van der Waals surface area contributed by atoms with Crippen LogP contribution in [0.4, 0.5) is 5.82 Å². The lowest BCUT2D eigenvalue weighted by Crippen LogP contribution is -2.13. The second-order valence-electron chi connectivity index (χ2n) is 3.83. The summed E-state index contributed by atoms with van der Waals surface area (Å²) in [5.74, 6) is 2.29. The summed E-state index contributed by atoms with van der Waals surface area (Å²) in [6.45, 7) is 6.25. The summed E-state index contributed by atoms with van der Waals surface area (Å²) in [5, 5.41) is 3.02. The van der Waals surface area contributed by atoms with Crippen LogP contribution in [0, 0.1) is 0 Å². The Hall–Kier alpha value is -1.32. The fraction of sp³-hybridized carbons (Fsp3) is 0.667. The normalized spacial score (nSPS) is 12.2. The van der Waals surface area contributed by atoms with Gasteiger partial charge in [0.2, 0.25) is 5.88 Å². The zero-order valence-corrected chi connectivity index (χ0v) is 10.6. The third-order valence-electron chi connectivity index (χ3n) is 2.34. The predicted octanol–water partition coefficient (Wildman–Crippen LogP) is 2.65. The summed E-state index contributed by atoms with van der Waals surface area (Å²) in [4.78, 5) is 8.67. The third kappa shape index (κ3) is 3.68. The van der Waals surface area contributed by atoms with Crippen molar-refractivity contribution in [1.29, 1.82) is 0 Å². The van der Waals surface area contributed by atoms with Crippen LogP contribution < -0.4 is 10.1 Å². The Morgan fingerprint density at radius 3 is 2.69 bits per heavy atom. The molecule has 1 heterocycles. The van der Waals surface area contributed by atoms with Crippen molar-refractivity contribution in [3.63, 3.8) is 0 Å². The average Bonchev–Trinajstić information content (AvgIpc) is 2.28. The van der Waals surface area contributed by atoms with Crippen molar-refractivity contribution in [2.24, 2.45) is 0 Å². The fourth-order valence-electron chi connectivity index (χ4n) is 1.49. The number of nitrogens with zero attached hydrogens (tertiary/aromatic N) is 2. The van der Waals surface area contributed by atoms with E-state index < -0.39 is 0 Å². The maximum absolute atomic E-state index is 5.75. The van der Waals surface area contributed by atoms with Crippen LogP contribution in [0.15, 0.2) is 6.07 Å². The molecule has 4 heteroatoms. The van der Waals surface area contributed by atoms with Crippen molar-refractivity contribution in [3.05, 3.63) is 11.9 Å². The van der Waals surface area contributed by atoms with Crippen LogP contribution in [0.2, 0.25) is 0 Å². The summed E-state index contributed by atoms with van der Waals surface area (Å²) in [6, 6.07) is 1.84. The molecule has 0 saturated carbocycles. The molecule has 90 valence electrons. The molecule has 1 rings (SSSR count). The number of ether oxygens (including phenoxy) is 1. The highest BCUT2D eigenvalue weighted by Gasteiger charge is 2.07. The lowest BCUT2D eigenvalue weighted by molar-refractivity contribution is 0.201. The molecule has 1 aromatic heterocycles. The lowest BCUT2D eigenvalue weighted by atomic mass is 10.2. The van der Waals surface area contributed by atoms with E-state index in [1.807, 2.05) is 20.0 Å². The maximum Gasteiger partial charge on any atom is 0.218 e. The molecular weight excluding hydrogens is 202 g/mol. The molecule has 1 atom stereocenters. The molecule has 1 aromatic rings. The number of hydrogen-bond acceptors (Lipinski definition) is 4. The van der Waals surface area contributed by atoms with Crippen molar-refractivity contribution in [2.75, 3.05) is 12.4 Å². The molecular formula is C12H21N3O. The fourth-order valence-corrected chi connectivity index (χ4v) is 1.49. The monoisotopic (exact) mass is 223 g/mol. The second-order valence-corrected chi connectivity index (χ2v) is 3.83. The molecule has 0 radical (unpaired) electrons. The molecule has 1 unspecified atom stereocenters. The van der Waals surface area contributed by atoms with Crippen molar-refractivity contribution in [3.8, 4) is 5.88 Å². The Kier molecular flexibility index (Phi) is 5.02. The van der Waals surface area contributed by atoms with Crippen LogP contribution in [0.5, 0.6) is 5.88 Å². The summed E-state index contributed by atoms with van der Waals surface area (Å²) < 4.78 is 5.75. The first-order chi connectivity index (χ1) is 7.69. The van der Waals surface area contributed by atoms with Gasteiger partial charge in [0.05, 0.1) is 6.10 Å². The highest BCUT2D eigenvalue weighted by molar-refractivity contribution is 5.37. The van der Waals surface area contributed by atoms with Gasteiger partial charge in [-0.25, -0.2) is 4.98 Å². The smallest absolute Gasteiger partial charge is 0.218 e. The highest BCUT2D eigenvalue weighted by atomic mass is 16.5. The van der Waals surface area contributed by atoms with Crippen molar-refractivity contribution in [1.82, 2.24) is 9.97 Å². The van der Waals surface area contributed by atoms with E-state index in [9.17, 15) is 0 Å². The van der Waals surface area contributed by atoms with Gasteiger partial charge in [0.15, 0.2) is 0 Å². The van der Waals surface area contributed by atoms with Gasteiger partial charge < -0.3 is 10.1 Å². The first-order valence-electron chi connectivity index (χ1n) is 5.91. The number of aromatic nitrogens is 2. The number of nitrogens with one attached hydrogen (secondary N) is 1. The van der Waals surface area contributed by atoms with Gasteiger partial charge in [-0.15, -0.1) is 0 Å². The van der Waals surface area contributed by atoms with E-state index in [0.29, 0.717) is 5.88 Å². The SMILES string of the molecule is CCCC(C)Oc1cc(NC)nc(CC)n1. The van der Waals surface area contributed by atoms with Gasteiger partial charge in [0, 0.05) is 19.5 Å². The Labute approximate surface area is 97.5 Å². The first kappa shape index (κ1) is 12.7. The van der Waals surface area contributed by atoms with Gasteiger partial charge in [-0.3, -0.25) is 0 Å². The summed E-state index contributed by atoms with van der Waals surface area (Å²) in [5.41, 5.74) is 0. The minimum atomic E-state index is 0.203. The number of aryl methyl sites for hydroxylation is 1. The van der Waals surface area contributed by atoms with E-state index in [4.69, 9.17) is 4.74 Å². The minimum absolute atomic E-state index is 0.203. The Balaban J connectivity index is 2.78. The van der Waals surface area contributed by atoms with Gasteiger partial charge in [-0.2, -0.15) is 4.98 Å². The van der Waals surface area contributed by atoms with Gasteiger partial charge in [0.25, 0.3) is 0 Å². The van der Waals surface area contributed by atoms with E-state index in [0.717, 1.165) is 30.9 Å². The highest BCUT2D eigenvalue weighted by Crippen LogP contribution is 2.16. The standard InChI is InChI=1S/C12H21N3O/c1-5-7-9(3)16-12-8-11(13-4)14-10(6-2)15-12/h8-9H,5-7H2,1-4H3,(H,13,14,15). The van der Waals surface area contributed by atoms with Crippen LogP contribution in [0.1, 0.15) is 39.4 Å². The first-order valence-corrected chi connectivity index (χ1v) is 5.91.